The molecule has 0 saturated heterocycles. The fourth-order valence-electron chi connectivity index (χ4n) is 1.74. The van der Waals surface area contributed by atoms with Gasteiger partial charge in [0.2, 0.25) is 5.91 Å². The number of carbonyl (C=O) groups is 1. The standard InChI is InChI=1S/C16H25BrN2O2/c1-4-9-21-15-6-5-14(17)10-13(15)11-18-7-8-19-16(20)12(2)3/h5-6,10,12,18H,4,7-9,11H2,1-3H3,(H,19,20). The number of carbonyl (C=O) groups excluding carboxylic acids is 1. The second kappa shape index (κ2) is 9.79. The summed E-state index contributed by atoms with van der Waals surface area (Å²) in [5.74, 6) is 1.04. The summed E-state index contributed by atoms with van der Waals surface area (Å²) in [5.41, 5.74) is 1.12. The van der Waals surface area contributed by atoms with Crippen molar-refractivity contribution in [1.29, 1.82) is 0 Å². The largest absolute Gasteiger partial charge is 0.493 e. The summed E-state index contributed by atoms with van der Waals surface area (Å²) < 4.78 is 6.78. The lowest BCUT2D eigenvalue weighted by molar-refractivity contribution is -0.123. The molecule has 0 heterocycles. The zero-order valence-corrected chi connectivity index (χ0v) is 14.6. The van der Waals surface area contributed by atoms with E-state index in [2.05, 4.69) is 39.6 Å². The predicted octanol–water partition coefficient (Wildman–Crippen LogP) is 3.10. The number of halogens is 1. The maximum Gasteiger partial charge on any atom is 0.222 e. The van der Waals surface area contributed by atoms with E-state index in [9.17, 15) is 4.79 Å². The van der Waals surface area contributed by atoms with Crippen molar-refractivity contribution in [2.45, 2.75) is 33.7 Å². The van der Waals surface area contributed by atoms with Crippen LogP contribution in [-0.2, 0) is 11.3 Å². The third-order valence-electron chi connectivity index (χ3n) is 2.93. The summed E-state index contributed by atoms with van der Waals surface area (Å²) in [6.07, 6.45) is 0.990. The molecule has 4 nitrogen and oxygen atoms in total. The molecule has 21 heavy (non-hydrogen) atoms. The van der Waals surface area contributed by atoms with Gasteiger partial charge in [-0.2, -0.15) is 0 Å². The van der Waals surface area contributed by atoms with E-state index in [1.807, 2.05) is 26.0 Å². The molecule has 0 aromatic heterocycles. The zero-order chi connectivity index (χ0) is 15.7. The van der Waals surface area contributed by atoms with Gasteiger partial charge in [-0.3, -0.25) is 4.79 Å². The predicted molar refractivity (Wildman–Crippen MR) is 89.5 cm³/mol. The Morgan fingerprint density at radius 3 is 2.76 bits per heavy atom. The summed E-state index contributed by atoms with van der Waals surface area (Å²) in [7, 11) is 0. The summed E-state index contributed by atoms with van der Waals surface area (Å²) in [6.45, 7) is 8.68. The Hall–Kier alpha value is -1.07. The van der Waals surface area contributed by atoms with Crippen LogP contribution >= 0.6 is 15.9 Å². The second-order valence-corrected chi connectivity index (χ2v) is 6.14. The van der Waals surface area contributed by atoms with Crippen LogP contribution in [0.15, 0.2) is 22.7 Å². The first-order valence-electron chi connectivity index (χ1n) is 7.44. The monoisotopic (exact) mass is 356 g/mol. The molecule has 1 amide bonds. The van der Waals surface area contributed by atoms with Gasteiger partial charge in [-0.25, -0.2) is 0 Å². The van der Waals surface area contributed by atoms with Gasteiger partial charge in [0.25, 0.3) is 0 Å². The molecule has 0 unspecified atom stereocenters. The van der Waals surface area contributed by atoms with Crippen LogP contribution in [0.2, 0.25) is 0 Å². The third kappa shape index (κ3) is 6.96. The van der Waals surface area contributed by atoms with Gasteiger partial charge in [0, 0.05) is 35.6 Å². The molecule has 1 rings (SSSR count). The molecule has 1 aromatic carbocycles. The maximum atomic E-state index is 11.4. The molecule has 2 N–H and O–H groups in total. The first-order valence-corrected chi connectivity index (χ1v) is 8.23. The maximum absolute atomic E-state index is 11.4. The smallest absolute Gasteiger partial charge is 0.222 e. The van der Waals surface area contributed by atoms with E-state index in [1.165, 1.54) is 0 Å². The summed E-state index contributed by atoms with van der Waals surface area (Å²) in [5, 5.41) is 6.21. The third-order valence-corrected chi connectivity index (χ3v) is 3.42. The highest BCUT2D eigenvalue weighted by atomic mass is 79.9. The van der Waals surface area contributed by atoms with Crippen LogP contribution in [0.3, 0.4) is 0 Å². The van der Waals surface area contributed by atoms with Gasteiger partial charge in [0.1, 0.15) is 5.75 Å². The molecule has 0 saturated carbocycles. The van der Waals surface area contributed by atoms with Crippen LogP contribution in [0.25, 0.3) is 0 Å². The van der Waals surface area contributed by atoms with Crippen LogP contribution in [0.4, 0.5) is 0 Å². The zero-order valence-electron chi connectivity index (χ0n) is 13.0. The molecule has 0 spiro atoms. The number of rotatable bonds is 9. The number of hydrogen-bond acceptors (Lipinski definition) is 3. The van der Waals surface area contributed by atoms with Crippen molar-refractivity contribution in [2.24, 2.45) is 5.92 Å². The highest BCUT2D eigenvalue weighted by Gasteiger charge is 2.06. The van der Waals surface area contributed by atoms with Crippen LogP contribution in [0.1, 0.15) is 32.8 Å². The van der Waals surface area contributed by atoms with E-state index >= 15 is 0 Å². The van der Waals surface area contributed by atoms with Crippen molar-refractivity contribution >= 4 is 21.8 Å². The average Bonchev–Trinajstić information content (AvgIpc) is 2.45. The molecule has 0 aliphatic rings. The summed E-state index contributed by atoms with van der Waals surface area (Å²) in [4.78, 5) is 11.4. The Morgan fingerprint density at radius 2 is 2.10 bits per heavy atom. The Kier molecular flexibility index (Phi) is 8.38. The number of ether oxygens (including phenoxy) is 1. The molecule has 0 atom stereocenters. The number of benzene rings is 1. The van der Waals surface area contributed by atoms with Crippen molar-refractivity contribution in [2.75, 3.05) is 19.7 Å². The second-order valence-electron chi connectivity index (χ2n) is 5.22. The number of nitrogens with one attached hydrogen (secondary N) is 2. The molecule has 1 aromatic rings. The highest BCUT2D eigenvalue weighted by molar-refractivity contribution is 9.10. The normalized spacial score (nSPS) is 10.7. The van der Waals surface area contributed by atoms with E-state index in [0.29, 0.717) is 6.54 Å². The van der Waals surface area contributed by atoms with Gasteiger partial charge in [-0.05, 0) is 24.6 Å². The van der Waals surface area contributed by atoms with Gasteiger partial charge < -0.3 is 15.4 Å². The van der Waals surface area contributed by atoms with Crippen molar-refractivity contribution < 1.29 is 9.53 Å². The molecule has 0 radical (unpaired) electrons. The fourth-order valence-corrected chi connectivity index (χ4v) is 2.15. The minimum atomic E-state index is 0.0316. The molecular formula is C16H25BrN2O2. The van der Waals surface area contributed by atoms with E-state index in [-0.39, 0.29) is 11.8 Å². The lowest BCUT2D eigenvalue weighted by Crippen LogP contribution is -2.34. The molecule has 0 fully saturated rings. The molecule has 118 valence electrons. The Balaban J connectivity index is 2.40. The van der Waals surface area contributed by atoms with Crippen LogP contribution < -0.4 is 15.4 Å². The van der Waals surface area contributed by atoms with Crippen molar-refractivity contribution in [3.8, 4) is 5.75 Å². The van der Waals surface area contributed by atoms with Crippen LogP contribution in [-0.4, -0.2) is 25.6 Å². The Labute approximate surface area is 135 Å². The SMILES string of the molecule is CCCOc1ccc(Br)cc1CNCCNC(=O)C(C)C. The molecule has 0 aliphatic heterocycles. The van der Waals surface area contributed by atoms with Gasteiger partial charge in [0.15, 0.2) is 0 Å². The molecule has 5 heteroatoms. The van der Waals surface area contributed by atoms with E-state index in [1.54, 1.807) is 0 Å². The molecular weight excluding hydrogens is 332 g/mol. The van der Waals surface area contributed by atoms with Crippen molar-refractivity contribution in [3.63, 3.8) is 0 Å². The van der Waals surface area contributed by atoms with Gasteiger partial charge in [0.05, 0.1) is 6.61 Å². The number of hydrogen-bond donors (Lipinski definition) is 2. The lowest BCUT2D eigenvalue weighted by atomic mass is 10.2. The minimum Gasteiger partial charge on any atom is -0.493 e. The summed E-state index contributed by atoms with van der Waals surface area (Å²) >= 11 is 3.48. The first kappa shape index (κ1) is 18.0. The quantitative estimate of drug-likeness (QED) is 0.668. The Bertz CT molecular complexity index is 450. The summed E-state index contributed by atoms with van der Waals surface area (Å²) in [6, 6.07) is 6.03. The molecule has 0 aliphatic carbocycles. The lowest BCUT2D eigenvalue weighted by Gasteiger charge is -2.13. The molecule has 0 bridgehead atoms. The Morgan fingerprint density at radius 1 is 1.33 bits per heavy atom. The van der Waals surface area contributed by atoms with Gasteiger partial charge >= 0.3 is 0 Å². The fraction of sp³-hybridized carbons (Fsp3) is 0.562. The minimum absolute atomic E-state index is 0.0316. The van der Waals surface area contributed by atoms with E-state index in [4.69, 9.17) is 4.74 Å². The average molecular weight is 357 g/mol. The van der Waals surface area contributed by atoms with Crippen LogP contribution in [0.5, 0.6) is 5.75 Å². The highest BCUT2D eigenvalue weighted by Crippen LogP contribution is 2.23. The van der Waals surface area contributed by atoms with Crippen LogP contribution in [0, 0.1) is 5.92 Å². The number of amides is 1. The van der Waals surface area contributed by atoms with Crippen molar-refractivity contribution in [1.82, 2.24) is 10.6 Å². The van der Waals surface area contributed by atoms with Gasteiger partial charge in [-0.1, -0.05) is 36.7 Å². The van der Waals surface area contributed by atoms with E-state index in [0.717, 1.165) is 41.9 Å². The van der Waals surface area contributed by atoms with Crippen molar-refractivity contribution in [3.05, 3.63) is 28.2 Å². The first-order chi connectivity index (χ1) is 10.0. The van der Waals surface area contributed by atoms with E-state index < -0.39 is 0 Å². The van der Waals surface area contributed by atoms with Gasteiger partial charge in [-0.15, -0.1) is 0 Å². The topological polar surface area (TPSA) is 50.4 Å².